The third-order valence-corrected chi connectivity index (χ3v) is 6.06. The highest BCUT2D eigenvalue weighted by atomic mass is 31.2. The number of hydrogen-bond acceptors (Lipinski definition) is 5. The molecule has 24 heavy (non-hydrogen) atoms. The zero-order chi connectivity index (χ0) is 17.7. The Bertz CT molecular complexity index is 740. The van der Waals surface area contributed by atoms with Crippen molar-refractivity contribution in [3.8, 4) is 5.75 Å². The summed E-state index contributed by atoms with van der Waals surface area (Å²) in [6.07, 6.45) is 0. The summed E-state index contributed by atoms with van der Waals surface area (Å²) in [6, 6.07) is 13.4. The van der Waals surface area contributed by atoms with Crippen molar-refractivity contribution in [2.75, 3.05) is 26.6 Å². The second-order valence-electron chi connectivity index (χ2n) is 5.49. The van der Waals surface area contributed by atoms with Gasteiger partial charge in [0.1, 0.15) is 5.75 Å². The first kappa shape index (κ1) is 18.5. The predicted octanol–water partition coefficient (Wildman–Crippen LogP) is 4.91. The maximum atomic E-state index is 13.1. The van der Waals surface area contributed by atoms with Gasteiger partial charge in [-0.1, -0.05) is 24.3 Å². The molecule has 5 nitrogen and oxygen atoms in total. The van der Waals surface area contributed by atoms with E-state index in [4.69, 9.17) is 13.8 Å². The van der Waals surface area contributed by atoms with Crippen molar-refractivity contribution >= 4 is 13.3 Å². The van der Waals surface area contributed by atoms with Gasteiger partial charge >= 0.3 is 7.60 Å². The Kier molecular flexibility index (Phi) is 6.05. The number of anilines is 1. The van der Waals surface area contributed by atoms with E-state index in [1.807, 2.05) is 56.3 Å². The number of hydrogen-bond donors (Lipinski definition) is 1. The van der Waals surface area contributed by atoms with Crippen LogP contribution >= 0.6 is 7.60 Å². The summed E-state index contributed by atoms with van der Waals surface area (Å²) >= 11 is 0. The van der Waals surface area contributed by atoms with Crippen molar-refractivity contribution in [1.82, 2.24) is 0 Å². The third kappa shape index (κ3) is 3.81. The highest BCUT2D eigenvalue weighted by Gasteiger charge is 2.36. The Hall–Kier alpha value is -1.81. The van der Waals surface area contributed by atoms with Gasteiger partial charge in [0, 0.05) is 19.9 Å². The lowest BCUT2D eigenvalue weighted by Gasteiger charge is -2.27. The first-order valence-electron chi connectivity index (χ1n) is 7.63. The molecule has 0 bridgehead atoms. The highest BCUT2D eigenvalue weighted by molar-refractivity contribution is 7.54. The van der Waals surface area contributed by atoms with Gasteiger partial charge in [0.05, 0.1) is 7.11 Å². The molecule has 0 radical (unpaired) electrons. The fourth-order valence-electron chi connectivity index (χ4n) is 2.63. The monoisotopic (exact) mass is 349 g/mol. The van der Waals surface area contributed by atoms with Crippen molar-refractivity contribution in [3.05, 3.63) is 59.2 Å². The maximum absolute atomic E-state index is 13.1. The summed E-state index contributed by atoms with van der Waals surface area (Å²) in [5.74, 6) is 0.191. The maximum Gasteiger partial charge on any atom is 0.356 e. The number of rotatable bonds is 7. The van der Waals surface area contributed by atoms with E-state index in [1.165, 1.54) is 14.2 Å². The summed E-state index contributed by atoms with van der Waals surface area (Å²) in [6.45, 7) is 3.93. The molecule has 2 aromatic carbocycles. The second-order valence-corrected chi connectivity index (χ2v) is 7.82. The van der Waals surface area contributed by atoms with Crippen LogP contribution in [0.4, 0.5) is 5.69 Å². The van der Waals surface area contributed by atoms with E-state index in [-0.39, 0.29) is 0 Å². The molecule has 1 N–H and O–H groups in total. The van der Waals surface area contributed by atoms with Crippen LogP contribution in [-0.2, 0) is 13.6 Å². The lowest BCUT2D eigenvalue weighted by molar-refractivity contribution is 0.268. The van der Waals surface area contributed by atoms with Crippen LogP contribution in [0.5, 0.6) is 5.75 Å². The van der Waals surface area contributed by atoms with Gasteiger partial charge in [-0.2, -0.15) is 0 Å². The van der Waals surface area contributed by atoms with Gasteiger partial charge in [-0.15, -0.1) is 0 Å². The Morgan fingerprint density at radius 2 is 1.62 bits per heavy atom. The molecule has 0 fully saturated rings. The average Bonchev–Trinajstić information content (AvgIpc) is 2.60. The van der Waals surface area contributed by atoms with Crippen LogP contribution in [-0.4, -0.2) is 21.3 Å². The minimum Gasteiger partial charge on any atom is -0.496 e. The van der Waals surface area contributed by atoms with E-state index < -0.39 is 13.4 Å². The molecule has 0 aliphatic rings. The molecule has 0 saturated carbocycles. The first-order chi connectivity index (χ1) is 11.4. The van der Waals surface area contributed by atoms with Gasteiger partial charge in [0.25, 0.3) is 0 Å². The van der Waals surface area contributed by atoms with Crippen molar-refractivity contribution in [1.29, 1.82) is 0 Å². The van der Waals surface area contributed by atoms with Crippen molar-refractivity contribution < 1.29 is 18.3 Å². The fourth-order valence-corrected chi connectivity index (χ4v) is 4.14. The van der Waals surface area contributed by atoms with Gasteiger partial charge in [0.2, 0.25) is 0 Å². The molecule has 2 aromatic rings. The van der Waals surface area contributed by atoms with Crippen LogP contribution in [0.3, 0.4) is 0 Å². The lowest BCUT2D eigenvalue weighted by Crippen LogP contribution is -2.15. The Morgan fingerprint density at radius 1 is 0.958 bits per heavy atom. The molecule has 0 aromatic heterocycles. The fraction of sp³-hybridized carbons (Fsp3) is 0.333. The summed E-state index contributed by atoms with van der Waals surface area (Å²) in [5.41, 5.74) is 3.68. The highest BCUT2D eigenvalue weighted by Crippen LogP contribution is 2.60. The summed E-state index contributed by atoms with van der Waals surface area (Å²) in [7, 11) is 1.05. The van der Waals surface area contributed by atoms with Gasteiger partial charge in [0.15, 0.2) is 5.78 Å². The largest absolute Gasteiger partial charge is 0.496 e. The molecule has 1 unspecified atom stereocenters. The van der Waals surface area contributed by atoms with Crippen LogP contribution in [0, 0.1) is 13.8 Å². The van der Waals surface area contributed by atoms with E-state index >= 15 is 0 Å². The topological polar surface area (TPSA) is 56.8 Å². The van der Waals surface area contributed by atoms with Gasteiger partial charge in [-0.05, 0) is 48.7 Å². The number of nitrogens with one attached hydrogen (secondary N) is 1. The van der Waals surface area contributed by atoms with Crippen LogP contribution in [0.15, 0.2) is 42.5 Å². The molecule has 2 rings (SSSR count). The van der Waals surface area contributed by atoms with Crippen molar-refractivity contribution in [2.45, 2.75) is 19.6 Å². The van der Waals surface area contributed by atoms with E-state index in [1.54, 1.807) is 7.11 Å². The number of ether oxygens (including phenoxy) is 1. The molecule has 0 spiro atoms. The quantitative estimate of drug-likeness (QED) is 0.720. The molecule has 1 atom stereocenters. The van der Waals surface area contributed by atoms with Crippen LogP contribution in [0.25, 0.3) is 0 Å². The number of methoxy groups -OCH3 is 1. The molecular weight excluding hydrogens is 325 g/mol. The molecular formula is C18H24NO4P. The third-order valence-electron chi connectivity index (χ3n) is 4.01. The number of benzene rings is 2. The molecule has 0 amide bonds. The van der Waals surface area contributed by atoms with Crippen LogP contribution < -0.4 is 10.1 Å². The van der Waals surface area contributed by atoms with E-state index in [2.05, 4.69) is 5.32 Å². The Balaban J connectivity index is 2.46. The molecule has 0 heterocycles. The average molecular weight is 349 g/mol. The normalized spacial score (nSPS) is 12.7. The second kappa shape index (κ2) is 7.84. The summed E-state index contributed by atoms with van der Waals surface area (Å²) in [5, 5.41) is 3.30. The van der Waals surface area contributed by atoms with Crippen molar-refractivity contribution in [2.24, 2.45) is 0 Å². The molecule has 0 aliphatic heterocycles. The molecule has 0 saturated heterocycles. The zero-order valence-electron chi connectivity index (χ0n) is 14.7. The van der Waals surface area contributed by atoms with E-state index in [0.29, 0.717) is 0 Å². The van der Waals surface area contributed by atoms with Crippen LogP contribution in [0.1, 0.15) is 22.5 Å². The van der Waals surface area contributed by atoms with Crippen LogP contribution in [0.2, 0.25) is 0 Å². The molecule has 6 heteroatoms. The summed E-state index contributed by atoms with van der Waals surface area (Å²) < 4.78 is 28.9. The smallest absolute Gasteiger partial charge is 0.356 e. The molecule has 130 valence electrons. The minimum atomic E-state index is -3.38. The standard InChI is InChI=1S/C18H24NO4P/c1-13-8-6-7-9-16(13)18(24(20,22-4)23-5)19-15-10-11-17(21-3)14(2)12-15/h6-12,18-19H,1-5H3. The van der Waals surface area contributed by atoms with E-state index in [0.717, 1.165) is 28.1 Å². The Morgan fingerprint density at radius 3 is 2.17 bits per heavy atom. The summed E-state index contributed by atoms with van der Waals surface area (Å²) in [4.78, 5) is 0. The van der Waals surface area contributed by atoms with Crippen molar-refractivity contribution in [3.63, 3.8) is 0 Å². The van der Waals surface area contributed by atoms with Gasteiger partial charge in [-0.3, -0.25) is 4.57 Å². The van der Waals surface area contributed by atoms with E-state index in [9.17, 15) is 4.57 Å². The number of aryl methyl sites for hydroxylation is 2. The van der Waals surface area contributed by atoms with Gasteiger partial charge < -0.3 is 19.1 Å². The van der Waals surface area contributed by atoms with Gasteiger partial charge in [-0.25, -0.2) is 0 Å². The zero-order valence-corrected chi connectivity index (χ0v) is 15.6. The first-order valence-corrected chi connectivity index (χ1v) is 9.24. The SMILES string of the molecule is COc1ccc(NC(c2ccccc2C)P(=O)(OC)OC)cc1C. The molecule has 0 aliphatic carbocycles. The minimum absolute atomic E-state index is 0.610. The lowest BCUT2D eigenvalue weighted by atomic mass is 10.1. The predicted molar refractivity (Wildman–Crippen MR) is 96.9 cm³/mol. The Labute approximate surface area is 143 Å².